The summed E-state index contributed by atoms with van der Waals surface area (Å²) in [5, 5.41) is 3.38. The first-order valence-electron chi connectivity index (χ1n) is 7.89. The minimum atomic E-state index is -0.365. The van der Waals surface area contributed by atoms with E-state index in [2.05, 4.69) is 45.9 Å². The highest BCUT2D eigenvalue weighted by Crippen LogP contribution is 2.27. The molecular formula is C17H22FN5. The van der Waals surface area contributed by atoms with Crippen LogP contribution in [0.5, 0.6) is 0 Å². The van der Waals surface area contributed by atoms with E-state index in [1.807, 2.05) is 6.07 Å². The Morgan fingerprint density at radius 2 is 2.09 bits per heavy atom. The maximum atomic E-state index is 12.9. The Morgan fingerprint density at radius 3 is 2.70 bits per heavy atom. The third kappa shape index (κ3) is 3.64. The second-order valence-corrected chi connectivity index (χ2v) is 6.81. The summed E-state index contributed by atoms with van der Waals surface area (Å²) in [4.78, 5) is 15.2. The van der Waals surface area contributed by atoms with Gasteiger partial charge in [-0.2, -0.15) is 0 Å². The number of rotatable bonds is 4. The molecular weight excluding hydrogens is 293 g/mol. The molecule has 0 spiro atoms. The number of nitrogens with one attached hydrogen (secondary N) is 1. The smallest absolute Gasteiger partial charge is 0.180 e. The zero-order valence-corrected chi connectivity index (χ0v) is 13.8. The van der Waals surface area contributed by atoms with Gasteiger partial charge in [-0.05, 0) is 45.4 Å². The van der Waals surface area contributed by atoms with Crippen LogP contribution in [-0.2, 0) is 0 Å². The fourth-order valence-corrected chi connectivity index (χ4v) is 2.85. The minimum absolute atomic E-state index is 0.194. The van der Waals surface area contributed by atoms with Crippen LogP contribution in [0.25, 0.3) is 11.5 Å². The highest BCUT2D eigenvalue weighted by molar-refractivity contribution is 5.51. The molecule has 2 aromatic heterocycles. The van der Waals surface area contributed by atoms with Gasteiger partial charge in [0.15, 0.2) is 5.82 Å². The third-order valence-corrected chi connectivity index (χ3v) is 4.14. The fourth-order valence-electron chi connectivity index (χ4n) is 2.85. The van der Waals surface area contributed by atoms with Crippen molar-refractivity contribution >= 4 is 5.82 Å². The van der Waals surface area contributed by atoms with Crippen molar-refractivity contribution in [2.24, 2.45) is 0 Å². The Kier molecular flexibility index (Phi) is 4.26. The van der Waals surface area contributed by atoms with Gasteiger partial charge in [0, 0.05) is 30.9 Å². The van der Waals surface area contributed by atoms with Crippen LogP contribution in [0.3, 0.4) is 0 Å². The number of aromatic nitrogens is 3. The lowest BCUT2D eigenvalue weighted by Crippen LogP contribution is -2.59. The number of hydrogen-bond donors (Lipinski definition) is 1. The first-order chi connectivity index (χ1) is 10.9. The zero-order chi connectivity index (χ0) is 16.4. The van der Waals surface area contributed by atoms with Crippen molar-refractivity contribution in [2.45, 2.75) is 38.8 Å². The van der Waals surface area contributed by atoms with Crippen molar-refractivity contribution in [3.63, 3.8) is 0 Å². The van der Waals surface area contributed by atoms with Crippen LogP contribution < -0.4 is 5.32 Å². The molecule has 1 aliphatic rings. The van der Waals surface area contributed by atoms with Gasteiger partial charge in [0.1, 0.15) is 17.3 Å². The Balaban J connectivity index is 1.65. The van der Waals surface area contributed by atoms with Crippen LogP contribution in [0.1, 0.15) is 27.2 Å². The van der Waals surface area contributed by atoms with Crippen molar-refractivity contribution in [3.8, 4) is 11.5 Å². The number of likely N-dealkylation sites (tertiary alicyclic amines) is 1. The second-order valence-electron chi connectivity index (χ2n) is 6.81. The summed E-state index contributed by atoms with van der Waals surface area (Å²) in [6.07, 6.45) is 4.06. The Morgan fingerprint density at radius 1 is 1.26 bits per heavy atom. The van der Waals surface area contributed by atoms with Crippen LogP contribution in [0, 0.1) is 5.82 Å². The number of pyridine rings is 1. The van der Waals surface area contributed by atoms with Gasteiger partial charge in [-0.25, -0.2) is 19.3 Å². The molecule has 0 radical (unpaired) electrons. The van der Waals surface area contributed by atoms with Crippen molar-refractivity contribution in [1.82, 2.24) is 19.9 Å². The predicted octanol–water partition coefficient (Wildman–Crippen LogP) is 2.96. The van der Waals surface area contributed by atoms with E-state index in [1.54, 1.807) is 12.3 Å². The Bertz CT molecular complexity index is 665. The monoisotopic (exact) mass is 315 g/mol. The number of nitrogens with zero attached hydrogens (tertiary/aromatic N) is 4. The van der Waals surface area contributed by atoms with Crippen molar-refractivity contribution in [2.75, 3.05) is 18.4 Å². The lowest BCUT2D eigenvalue weighted by Gasteiger charge is -2.49. The molecule has 0 aliphatic carbocycles. The van der Waals surface area contributed by atoms with Gasteiger partial charge < -0.3 is 5.32 Å². The van der Waals surface area contributed by atoms with Crippen molar-refractivity contribution < 1.29 is 4.39 Å². The molecule has 1 saturated heterocycles. The molecule has 1 atom stereocenters. The first-order valence-corrected chi connectivity index (χ1v) is 7.89. The quantitative estimate of drug-likeness (QED) is 0.940. The van der Waals surface area contributed by atoms with Gasteiger partial charge in [0.25, 0.3) is 0 Å². The topological polar surface area (TPSA) is 53.9 Å². The lowest BCUT2D eigenvalue weighted by molar-refractivity contribution is 0.00897. The minimum Gasteiger partial charge on any atom is -0.368 e. The third-order valence-electron chi connectivity index (χ3n) is 4.14. The molecule has 3 rings (SSSR count). The molecule has 0 saturated carbocycles. The first kappa shape index (κ1) is 15.8. The van der Waals surface area contributed by atoms with Gasteiger partial charge in [-0.15, -0.1) is 0 Å². The van der Waals surface area contributed by atoms with Gasteiger partial charge in [0.2, 0.25) is 0 Å². The summed E-state index contributed by atoms with van der Waals surface area (Å²) in [5.74, 6) is 0.897. The molecule has 0 amide bonds. The van der Waals surface area contributed by atoms with Gasteiger partial charge in [-0.3, -0.25) is 4.90 Å². The molecule has 1 unspecified atom stereocenters. The van der Waals surface area contributed by atoms with Gasteiger partial charge in [0.05, 0.1) is 6.20 Å². The van der Waals surface area contributed by atoms with E-state index < -0.39 is 0 Å². The van der Waals surface area contributed by atoms with E-state index in [0.29, 0.717) is 17.6 Å². The predicted molar refractivity (Wildman–Crippen MR) is 88.6 cm³/mol. The Hall–Kier alpha value is -2.08. The van der Waals surface area contributed by atoms with E-state index in [-0.39, 0.29) is 11.4 Å². The van der Waals surface area contributed by atoms with Crippen LogP contribution in [-0.4, -0.2) is 44.5 Å². The Labute approximate surface area is 136 Å². The van der Waals surface area contributed by atoms with Crippen LogP contribution in [0.15, 0.2) is 30.6 Å². The average Bonchev–Trinajstić information content (AvgIpc) is 2.45. The standard InChI is InChI=1S/C17H22FN5/c1-17(2,3)23-9-7-13(23)11-21-15-6-8-19-16(22-15)14-5-4-12(18)10-20-14/h4-6,8,10,13H,7,9,11H2,1-3H3,(H,19,21,22). The van der Waals surface area contributed by atoms with Gasteiger partial charge >= 0.3 is 0 Å². The van der Waals surface area contributed by atoms with Crippen molar-refractivity contribution in [1.29, 1.82) is 0 Å². The number of halogens is 1. The van der Waals surface area contributed by atoms with E-state index in [0.717, 1.165) is 18.9 Å². The van der Waals surface area contributed by atoms with E-state index >= 15 is 0 Å². The molecule has 2 aromatic rings. The van der Waals surface area contributed by atoms with Crippen LogP contribution in [0.4, 0.5) is 10.2 Å². The summed E-state index contributed by atoms with van der Waals surface area (Å²) in [5.41, 5.74) is 0.759. The van der Waals surface area contributed by atoms with Crippen LogP contribution in [0.2, 0.25) is 0 Å². The molecule has 23 heavy (non-hydrogen) atoms. The van der Waals surface area contributed by atoms with E-state index in [9.17, 15) is 4.39 Å². The maximum Gasteiger partial charge on any atom is 0.180 e. The molecule has 6 heteroatoms. The fraction of sp³-hybridized carbons (Fsp3) is 0.471. The van der Waals surface area contributed by atoms with Crippen molar-refractivity contribution in [3.05, 3.63) is 36.4 Å². The van der Waals surface area contributed by atoms with E-state index in [4.69, 9.17) is 0 Å². The molecule has 0 bridgehead atoms. The normalized spacial score (nSPS) is 18.5. The van der Waals surface area contributed by atoms with Crippen LogP contribution >= 0.6 is 0 Å². The second kappa shape index (κ2) is 6.20. The SMILES string of the molecule is CC(C)(C)N1CCC1CNc1ccnc(-c2ccc(F)cn2)n1. The molecule has 0 aromatic carbocycles. The highest BCUT2D eigenvalue weighted by atomic mass is 19.1. The average molecular weight is 315 g/mol. The zero-order valence-electron chi connectivity index (χ0n) is 13.8. The molecule has 1 fully saturated rings. The molecule has 122 valence electrons. The summed E-state index contributed by atoms with van der Waals surface area (Å²) < 4.78 is 12.9. The maximum absolute atomic E-state index is 12.9. The summed E-state index contributed by atoms with van der Waals surface area (Å²) in [7, 11) is 0. The van der Waals surface area contributed by atoms with Gasteiger partial charge in [-0.1, -0.05) is 0 Å². The lowest BCUT2D eigenvalue weighted by atomic mass is 9.93. The number of anilines is 1. The highest BCUT2D eigenvalue weighted by Gasteiger charge is 2.35. The molecule has 1 N–H and O–H groups in total. The number of hydrogen-bond acceptors (Lipinski definition) is 5. The largest absolute Gasteiger partial charge is 0.368 e. The molecule has 5 nitrogen and oxygen atoms in total. The molecule has 1 aliphatic heterocycles. The van der Waals surface area contributed by atoms with E-state index in [1.165, 1.54) is 18.7 Å². The summed E-state index contributed by atoms with van der Waals surface area (Å²) in [6.45, 7) is 8.71. The summed E-state index contributed by atoms with van der Waals surface area (Å²) >= 11 is 0. The summed E-state index contributed by atoms with van der Waals surface area (Å²) in [6, 6.07) is 5.31. The molecule has 3 heterocycles.